The van der Waals surface area contributed by atoms with Gasteiger partial charge >= 0.3 is 29.6 Å². The molecule has 60 valence electrons. The molecule has 1 aliphatic carbocycles. The maximum Gasteiger partial charge on any atom is 1.00 e. The smallest absolute Gasteiger partial charge is 0.878 e. The third-order valence-corrected chi connectivity index (χ3v) is 2.08. The van der Waals surface area contributed by atoms with Crippen molar-refractivity contribution in [2.45, 2.75) is 6.42 Å². The topological polar surface area (TPSA) is 40.1 Å². The van der Waals surface area contributed by atoms with Gasteiger partial charge in [0.05, 0.1) is 0 Å². The SMILES string of the molecule is O=C1C(=C[O-])Cc2ccccc21.[Na+]. The van der Waals surface area contributed by atoms with Gasteiger partial charge in [-0.3, -0.25) is 4.79 Å². The average Bonchev–Trinajstić information content (AvgIpc) is 2.44. The summed E-state index contributed by atoms with van der Waals surface area (Å²) in [6.45, 7) is 0. The quantitative estimate of drug-likeness (QED) is 0.256. The van der Waals surface area contributed by atoms with Crippen LogP contribution in [-0.2, 0) is 6.42 Å². The Morgan fingerprint density at radius 2 is 2.00 bits per heavy atom. The van der Waals surface area contributed by atoms with Crippen LogP contribution in [0.2, 0.25) is 0 Å². The number of hydrogen-bond donors (Lipinski definition) is 0. The number of Topliss-reactive ketones (excluding diaryl/α,β-unsaturated/α-hetero) is 1. The van der Waals surface area contributed by atoms with E-state index in [4.69, 9.17) is 0 Å². The summed E-state index contributed by atoms with van der Waals surface area (Å²) < 4.78 is 0. The summed E-state index contributed by atoms with van der Waals surface area (Å²) in [5.41, 5.74) is 2.01. The number of carbonyl (C=O) groups excluding carboxylic acids is 1. The van der Waals surface area contributed by atoms with Crippen molar-refractivity contribution in [1.29, 1.82) is 0 Å². The number of fused-ring (bicyclic) bond motifs is 1. The van der Waals surface area contributed by atoms with Crippen molar-refractivity contribution in [3.63, 3.8) is 0 Å². The van der Waals surface area contributed by atoms with E-state index in [-0.39, 0.29) is 35.3 Å². The van der Waals surface area contributed by atoms with E-state index in [2.05, 4.69) is 0 Å². The van der Waals surface area contributed by atoms with Crippen molar-refractivity contribution in [2.24, 2.45) is 0 Å². The molecule has 13 heavy (non-hydrogen) atoms. The predicted molar refractivity (Wildman–Crippen MR) is 42.6 cm³/mol. The first-order chi connectivity index (χ1) is 5.83. The van der Waals surface area contributed by atoms with Gasteiger partial charge in [0.25, 0.3) is 0 Å². The summed E-state index contributed by atoms with van der Waals surface area (Å²) >= 11 is 0. The predicted octanol–water partition coefficient (Wildman–Crippen LogP) is -2.33. The molecule has 3 heteroatoms. The van der Waals surface area contributed by atoms with Crippen LogP contribution in [0.1, 0.15) is 15.9 Å². The third kappa shape index (κ3) is 1.70. The molecule has 0 bridgehead atoms. The number of ketones is 1. The molecule has 0 atom stereocenters. The Kier molecular flexibility index (Phi) is 3.31. The van der Waals surface area contributed by atoms with Gasteiger partial charge in [-0.2, -0.15) is 0 Å². The molecule has 0 N–H and O–H groups in total. The second kappa shape index (κ2) is 4.09. The Bertz CT molecular complexity index is 369. The minimum atomic E-state index is -0.111. The summed E-state index contributed by atoms with van der Waals surface area (Å²) in [6.07, 6.45) is 1.15. The molecule has 2 nitrogen and oxygen atoms in total. The van der Waals surface area contributed by atoms with Crippen molar-refractivity contribution < 1.29 is 39.5 Å². The van der Waals surface area contributed by atoms with Crippen LogP contribution in [0.15, 0.2) is 36.1 Å². The van der Waals surface area contributed by atoms with E-state index < -0.39 is 0 Å². The van der Waals surface area contributed by atoms with Crippen LogP contribution < -0.4 is 34.7 Å². The van der Waals surface area contributed by atoms with Gasteiger partial charge < -0.3 is 5.11 Å². The van der Waals surface area contributed by atoms with E-state index in [0.717, 1.165) is 5.56 Å². The first kappa shape index (κ1) is 10.5. The zero-order valence-corrected chi connectivity index (χ0v) is 9.41. The van der Waals surface area contributed by atoms with Gasteiger partial charge in [0, 0.05) is 12.0 Å². The summed E-state index contributed by atoms with van der Waals surface area (Å²) in [6, 6.07) is 7.32. The summed E-state index contributed by atoms with van der Waals surface area (Å²) in [4.78, 5) is 11.4. The second-order valence-electron chi connectivity index (χ2n) is 2.81. The molecule has 0 aliphatic heterocycles. The molecule has 0 fully saturated rings. The van der Waals surface area contributed by atoms with Gasteiger partial charge in [-0.15, -0.1) is 6.26 Å². The number of benzene rings is 1. The van der Waals surface area contributed by atoms with Gasteiger partial charge in [-0.25, -0.2) is 0 Å². The summed E-state index contributed by atoms with van der Waals surface area (Å²) in [7, 11) is 0. The molecule has 1 aliphatic rings. The molecule has 0 saturated heterocycles. The van der Waals surface area contributed by atoms with Gasteiger partial charge in [0.2, 0.25) is 0 Å². The van der Waals surface area contributed by atoms with Crippen LogP contribution in [0.3, 0.4) is 0 Å². The molecule has 1 aromatic rings. The minimum absolute atomic E-state index is 0. The van der Waals surface area contributed by atoms with Crippen molar-refractivity contribution in [1.82, 2.24) is 0 Å². The number of carbonyl (C=O) groups is 1. The Morgan fingerprint density at radius 3 is 2.62 bits per heavy atom. The van der Waals surface area contributed by atoms with E-state index in [1.165, 1.54) is 0 Å². The fraction of sp³-hybridized carbons (Fsp3) is 0.100. The zero-order chi connectivity index (χ0) is 8.55. The van der Waals surface area contributed by atoms with Gasteiger partial charge in [0.1, 0.15) is 0 Å². The summed E-state index contributed by atoms with van der Waals surface area (Å²) in [5.74, 6) is -0.111. The van der Waals surface area contributed by atoms with E-state index in [0.29, 0.717) is 23.8 Å². The van der Waals surface area contributed by atoms with Crippen LogP contribution in [0.4, 0.5) is 0 Å². The number of allylic oxidation sites excluding steroid dienone is 1. The van der Waals surface area contributed by atoms with Crippen LogP contribution in [0, 0.1) is 0 Å². The Hall–Kier alpha value is -0.570. The fourth-order valence-electron chi connectivity index (χ4n) is 1.45. The standard InChI is InChI=1S/C10H8O2.Na/c11-6-8-5-7-3-1-2-4-9(7)10(8)12;/h1-4,6,11H,5H2;/q;+1/p-1. The van der Waals surface area contributed by atoms with Crippen molar-refractivity contribution >= 4 is 5.78 Å². The first-order valence-electron chi connectivity index (χ1n) is 3.76. The Balaban J connectivity index is 0.000000845. The molecule has 0 aromatic heterocycles. The normalized spacial score (nSPS) is 16.9. The van der Waals surface area contributed by atoms with Crippen molar-refractivity contribution in [2.75, 3.05) is 0 Å². The Morgan fingerprint density at radius 1 is 1.31 bits per heavy atom. The van der Waals surface area contributed by atoms with Crippen LogP contribution >= 0.6 is 0 Å². The van der Waals surface area contributed by atoms with Crippen LogP contribution in [0.5, 0.6) is 0 Å². The minimum Gasteiger partial charge on any atom is -0.878 e. The zero-order valence-electron chi connectivity index (χ0n) is 7.41. The van der Waals surface area contributed by atoms with Crippen LogP contribution in [0.25, 0.3) is 0 Å². The summed E-state index contributed by atoms with van der Waals surface area (Å²) in [5, 5.41) is 10.4. The molecular formula is C10H7NaO2. The monoisotopic (exact) mass is 182 g/mol. The van der Waals surface area contributed by atoms with Gasteiger partial charge in [-0.05, 0) is 11.1 Å². The van der Waals surface area contributed by atoms with E-state index >= 15 is 0 Å². The molecule has 0 spiro atoms. The molecule has 1 aromatic carbocycles. The van der Waals surface area contributed by atoms with Crippen LogP contribution in [-0.4, -0.2) is 5.78 Å². The Labute approximate surface area is 98.6 Å². The largest absolute Gasteiger partial charge is 1.00 e. The molecule has 0 saturated carbocycles. The molecule has 2 rings (SSSR count). The number of hydrogen-bond acceptors (Lipinski definition) is 2. The second-order valence-corrected chi connectivity index (χ2v) is 2.81. The van der Waals surface area contributed by atoms with Crippen molar-refractivity contribution in [3.05, 3.63) is 47.2 Å². The fourth-order valence-corrected chi connectivity index (χ4v) is 1.45. The van der Waals surface area contributed by atoms with Gasteiger partial charge in [-0.1, -0.05) is 24.3 Å². The molecule has 0 heterocycles. The van der Waals surface area contributed by atoms with E-state index in [9.17, 15) is 9.90 Å². The van der Waals surface area contributed by atoms with Crippen molar-refractivity contribution in [3.8, 4) is 0 Å². The molecule has 0 radical (unpaired) electrons. The maximum absolute atomic E-state index is 11.4. The van der Waals surface area contributed by atoms with E-state index in [1.807, 2.05) is 18.2 Å². The average molecular weight is 182 g/mol. The van der Waals surface area contributed by atoms with E-state index in [1.54, 1.807) is 6.07 Å². The molecular weight excluding hydrogens is 175 g/mol. The maximum atomic E-state index is 11.4. The van der Waals surface area contributed by atoms with Gasteiger partial charge in [0.15, 0.2) is 5.78 Å². The third-order valence-electron chi connectivity index (χ3n) is 2.08. The number of rotatable bonds is 0. The molecule has 0 amide bonds. The first-order valence-corrected chi connectivity index (χ1v) is 3.76. The molecule has 0 unspecified atom stereocenters.